The first kappa shape index (κ1) is 18.8. The zero-order valence-corrected chi connectivity index (χ0v) is 15.5. The van der Waals surface area contributed by atoms with Crippen LogP contribution < -0.4 is 10.0 Å². The Bertz CT molecular complexity index is 966. The maximum Gasteiger partial charge on any atom is 0.241 e. The van der Waals surface area contributed by atoms with Crippen molar-refractivity contribution in [1.29, 1.82) is 0 Å². The SMILES string of the molecule is CC(=O)Nc1ccc(S(=O)(=O)NC(c2ccccc2)c2ccccn2)cc1. The number of hydrogen-bond donors (Lipinski definition) is 2. The average Bonchev–Trinajstić information content (AvgIpc) is 2.67. The van der Waals surface area contributed by atoms with Gasteiger partial charge in [0.1, 0.15) is 0 Å². The number of nitrogens with one attached hydrogen (secondary N) is 2. The monoisotopic (exact) mass is 381 g/mol. The molecule has 0 radical (unpaired) electrons. The normalized spacial score (nSPS) is 12.3. The molecule has 1 atom stereocenters. The van der Waals surface area contributed by atoms with Crippen molar-refractivity contribution in [3.8, 4) is 0 Å². The number of nitrogens with zero attached hydrogens (tertiary/aromatic N) is 1. The molecule has 0 fully saturated rings. The topological polar surface area (TPSA) is 88.2 Å². The summed E-state index contributed by atoms with van der Waals surface area (Å²) in [5.41, 5.74) is 1.92. The first-order chi connectivity index (χ1) is 13.0. The van der Waals surface area contributed by atoms with Gasteiger partial charge in [-0.05, 0) is 42.0 Å². The first-order valence-corrected chi connectivity index (χ1v) is 9.80. The van der Waals surface area contributed by atoms with Crippen LogP contribution in [0, 0.1) is 0 Å². The van der Waals surface area contributed by atoms with E-state index in [1.165, 1.54) is 19.1 Å². The second-order valence-electron chi connectivity index (χ2n) is 5.93. The third-order valence-corrected chi connectivity index (χ3v) is 5.31. The maximum absolute atomic E-state index is 12.9. The number of carbonyl (C=O) groups excluding carboxylic acids is 1. The zero-order valence-electron chi connectivity index (χ0n) is 14.7. The number of anilines is 1. The standard InChI is InChI=1S/C20H19N3O3S/c1-15(24)22-17-10-12-18(13-11-17)27(25,26)23-20(16-7-3-2-4-8-16)19-9-5-6-14-21-19/h2-14,20,23H,1H3,(H,22,24). The molecule has 1 aromatic heterocycles. The summed E-state index contributed by atoms with van der Waals surface area (Å²) in [7, 11) is -3.80. The number of amides is 1. The van der Waals surface area contributed by atoms with Gasteiger partial charge in [0.05, 0.1) is 16.6 Å². The van der Waals surface area contributed by atoms with Crippen molar-refractivity contribution in [2.75, 3.05) is 5.32 Å². The summed E-state index contributed by atoms with van der Waals surface area (Å²) in [6.07, 6.45) is 1.63. The predicted molar refractivity (Wildman–Crippen MR) is 104 cm³/mol. The Kier molecular flexibility index (Phi) is 5.63. The molecule has 1 unspecified atom stereocenters. The molecule has 3 aromatic rings. The van der Waals surface area contributed by atoms with Crippen LogP contribution in [0.5, 0.6) is 0 Å². The summed E-state index contributed by atoms with van der Waals surface area (Å²) in [6, 6.07) is 20.0. The summed E-state index contributed by atoms with van der Waals surface area (Å²) in [6.45, 7) is 1.39. The van der Waals surface area contributed by atoms with Gasteiger partial charge in [0.15, 0.2) is 0 Å². The minimum atomic E-state index is -3.80. The van der Waals surface area contributed by atoms with Gasteiger partial charge in [0.25, 0.3) is 0 Å². The van der Waals surface area contributed by atoms with E-state index < -0.39 is 16.1 Å². The van der Waals surface area contributed by atoms with Crippen LogP contribution in [-0.4, -0.2) is 19.3 Å². The van der Waals surface area contributed by atoms with Crippen LogP contribution >= 0.6 is 0 Å². The molecule has 7 heteroatoms. The Balaban J connectivity index is 1.92. The van der Waals surface area contributed by atoms with Gasteiger partial charge >= 0.3 is 0 Å². The Hall–Kier alpha value is -3.03. The Morgan fingerprint density at radius 1 is 0.926 bits per heavy atom. The number of sulfonamides is 1. The summed E-state index contributed by atoms with van der Waals surface area (Å²) >= 11 is 0. The number of aromatic nitrogens is 1. The third kappa shape index (κ3) is 4.78. The summed E-state index contributed by atoms with van der Waals surface area (Å²) < 4.78 is 28.5. The predicted octanol–water partition coefficient (Wildman–Crippen LogP) is 3.11. The van der Waals surface area contributed by atoms with E-state index in [-0.39, 0.29) is 10.8 Å². The van der Waals surface area contributed by atoms with E-state index in [0.29, 0.717) is 11.4 Å². The molecule has 2 N–H and O–H groups in total. The second-order valence-corrected chi connectivity index (χ2v) is 7.64. The Morgan fingerprint density at radius 3 is 2.19 bits per heavy atom. The van der Waals surface area contributed by atoms with E-state index in [4.69, 9.17) is 0 Å². The highest BCUT2D eigenvalue weighted by atomic mass is 32.2. The van der Waals surface area contributed by atoms with Crippen molar-refractivity contribution in [2.24, 2.45) is 0 Å². The van der Waals surface area contributed by atoms with Crippen molar-refractivity contribution < 1.29 is 13.2 Å². The minimum absolute atomic E-state index is 0.105. The van der Waals surface area contributed by atoms with Gasteiger partial charge < -0.3 is 5.32 Å². The molecule has 0 bridgehead atoms. The van der Waals surface area contributed by atoms with E-state index in [0.717, 1.165) is 5.56 Å². The van der Waals surface area contributed by atoms with Crippen molar-refractivity contribution in [3.05, 3.63) is 90.3 Å². The largest absolute Gasteiger partial charge is 0.326 e. The van der Waals surface area contributed by atoms with Gasteiger partial charge in [0.2, 0.25) is 15.9 Å². The first-order valence-electron chi connectivity index (χ1n) is 8.31. The van der Waals surface area contributed by atoms with E-state index >= 15 is 0 Å². The van der Waals surface area contributed by atoms with Crippen molar-refractivity contribution in [2.45, 2.75) is 17.9 Å². The van der Waals surface area contributed by atoms with Crippen LogP contribution in [0.25, 0.3) is 0 Å². The second kappa shape index (κ2) is 8.11. The van der Waals surface area contributed by atoms with Crippen molar-refractivity contribution in [1.82, 2.24) is 9.71 Å². The van der Waals surface area contributed by atoms with E-state index in [1.807, 2.05) is 36.4 Å². The van der Waals surface area contributed by atoms with Crippen LogP contribution in [0.2, 0.25) is 0 Å². The molecule has 0 spiro atoms. The van der Waals surface area contributed by atoms with Crippen LogP contribution in [0.3, 0.4) is 0 Å². The van der Waals surface area contributed by atoms with E-state index in [2.05, 4.69) is 15.0 Å². The smallest absolute Gasteiger partial charge is 0.241 e. The molecule has 0 aliphatic carbocycles. The van der Waals surface area contributed by atoms with Crippen LogP contribution in [-0.2, 0) is 14.8 Å². The maximum atomic E-state index is 12.9. The molecule has 1 amide bonds. The van der Waals surface area contributed by atoms with E-state index in [9.17, 15) is 13.2 Å². The quantitative estimate of drug-likeness (QED) is 0.687. The summed E-state index contributed by atoms with van der Waals surface area (Å²) in [5, 5.41) is 2.61. The summed E-state index contributed by atoms with van der Waals surface area (Å²) in [5.74, 6) is -0.219. The highest BCUT2D eigenvalue weighted by Crippen LogP contribution is 2.23. The lowest BCUT2D eigenvalue weighted by molar-refractivity contribution is -0.114. The molecule has 0 aliphatic heterocycles. The number of benzene rings is 2. The fraction of sp³-hybridized carbons (Fsp3) is 0.100. The molecular weight excluding hydrogens is 362 g/mol. The number of rotatable bonds is 6. The number of hydrogen-bond acceptors (Lipinski definition) is 4. The summed E-state index contributed by atoms with van der Waals surface area (Å²) in [4.78, 5) is 15.5. The third-order valence-electron chi connectivity index (χ3n) is 3.87. The fourth-order valence-corrected chi connectivity index (χ4v) is 3.83. The molecule has 27 heavy (non-hydrogen) atoms. The van der Waals surface area contributed by atoms with Gasteiger partial charge in [-0.2, -0.15) is 4.72 Å². The molecule has 0 saturated carbocycles. The molecule has 138 valence electrons. The highest BCUT2D eigenvalue weighted by Gasteiger charge is 2.23. The van der Waals surface area contributed by atoms with Gasteiger partial charge in [-0.1, -0.05) is 36.4 Å². The minimum Gasteiger partial charge on any atom is -0.326 e. The van der Waals surface area contributed by atoms with Gasteiger partial charge in [-0.15, -0.1) is 0 Å². The molecule has 6 nitrogen and oxygen atoms in total. The van der Waals surface area contributed by atoms with Crippen LogP contribution in [0.15, 0.2) is 83.9 Å². The molecular formula is C20H19N3O3S. The Morgan fingerprint density at radius 2 is 1.59 bits per heavy atom. The number of carbonyl (C=O) groups is 1. The zero-order chi connectivity index (χ0) is 19.3. The fourth-order valence-electron chi connectivity index (χ4n) is 2.64. The lowest BCUT2D eigenvalue weighted by Gasteiger charge is -2.19. The lowest BCUT2D eigenvalue weighted by Crippen LogP contribution is -2.30. The van der Waals surface area contributed by atoms with Gasteiger partial charge in [-0.3, -0.25) is 9.78 Å². The van der Waals surface area contributed by atoms with Crippen LogP contribution in [0.4, 0.5) is 5.69 Å². The van der Waals surface area contributed by atoms with Gasteiger partial charge in [-0.25, -0.2) is 8.42 Å². The number of pyridine rings is 1. The molecule has 1 heterocycles. The van der Waals surface area contributed by atoms with Crippen molar-refractivity contribution in [3.63, 3.8) is 0 Å². The van der Waals surface area contributed by atoms with Crippen molar-refractivity contribution >= 4 is 21.6 Å². The molecule has 2 aromatic carbocycles. The molecule has 0 aliphatic rings. The lowest BCUT2D eigenvalue weighted by atomic mass is 10.0. The van der Waals surface area contributed by atoms with Gasteiger partial charge in [0, 0.05) is 18.8 Å². The molecule has 3 rings (SSSR count). The molecule has 0 saturated heterocycles. The highest BCUT2D eigenvalue weighted by molar-refractivity contribution is 7.89. The van der Waals surface area contributed by atoms with Crippen LogP contribution in [0.1, 0.15) is 24.2 Å². The van der Waals surface area contributed by atoms with E-state index in [1.54, 1.807) is 30.5 Å². The Labute approximate surface area is 158 Å². The average molecular weight is 381 g/mol.